The Morgan fingerprint density at radius 3 is 2.55 bits per heavy atom. The summed E-state index contributed by atoms with van der Waals surface area (Å²) in [5.74, 6) is -1.68. The first-order valence-electron chi connectivity index (χ1n) is 9.00. The Morgan fingerprint density at radius 1 is 1.00 bits per heavy atom. The molecule has 1 amide bonds. The van der Waals surface area contributed by atoms with Crippen molar-refractivity contribution in [3.8, 4) is 5.75 Å². The van der Waals surface area contributed by atoms with E-state index >= 15 is 0 Å². The van der Waals surface area contributed by atoms with Crippen LogP contribution in [-0.4, -0.2) is 16.0 Å². The SMILES string of the molecule is O=C(NCc1ccc2[nH]c(Cc3ccccc3)cc2c1)c1ccc(O)c(F)c1.[H-].[Na+]. The second-order valence-corrected chi connectivity index (χ2v) is 6.73. The van der Waals surface area contributed by atoms with Gasteiger partial charge < -0.3 is 16.8 Å². The largest absolute Gasteiger partial charge is 1.00 e. The first-order chi connectivity index (χ1) is 13.6. The zero-order valence-corrected chi connectivity index (χ0v) is 18.1. The van der Waals surface area contributed by atoms with Crippen LogP contribution in [0.4, 0.5) is 4.39 Å². The molecule has 0 radical (unpaired) electrons. The number of carbonyl (C=O) groups excluding carboxylic acids is 1. The van der Waals surface area contributed by atoms with Crippen molar-refractivity contribution in [2.24, 2.45) is 0 Å². The molecule has 0 aliphatic rings. The van der Waals surface area contributed by atoms with Gasteiger partial charge in [-0.25, -0.2) is 4.39 Å². The van der Waals surface area contributed by atoms with Crippen molar-refractivity contribution in [1.82, 2.24) is 10.3 Å². The topological polar surface area (TPSA) is 65.1 Å². The number of nitrogens with one attached hydrogen (secondary N) is 2. The molecule has 1 heterocycles. The van der Waals surface area contributed by atoms with Crippen LogP contribution in [0.5, 0.6) is 5.75 Å². The summed E-state index contributed by atoms with van der Waals surface area (Å²) in [7, 11) is 0. The van der Waals surface area contributed by atoms with Gasteiger partial charge in [-0.2, -0.15) is 0 Å². The van der Waals surface area contributed by atoms with E-state index in [4.69, 9.17) is 0 Å². The van der Waals surface area contributed by atoms with Crippen LogP contribution in [0.25, 0.3) is 10.9 Å². The third-order valence-corrected chi connectivity index (χ3v) is 4.64. The number of H-pyrrole nitrogens is 1. The molecule has 0 saturated heterocycles. The van der Waals surface area contributed by atoms with E-state index in [1.165, 1.54) is 17.7 Å². The molecule has 0 saturated carbocycles. The third-order valence-electron chi connectivity index (χ3n) is 4.64. The number of rotatable bonds is 5. The Bertz CT molecular complexity index is 1150. The molecule has 0 aliphatic carbocycles. The predicted molar refractivity (Wildman–Crippen MR) is 108 cm³/mol. The number of benzene rings is 3. The number of aromatic nitrogens is 1. The second kappa shape index (κ2) is 9.27. The molecule has 1 aromatic heterocycles. The molecule has 4 nitrogen and oxygen atoms in total. The summed E-state index contributed by atoms with van der Waals surface area (Å²) in [6, 6.07) is 21.9. The summed E-state index contributed by atoms with van der Waals surface area (Å²) in [5, 5.41) is 13.1. The Morgan fingerprint density at radius 2 is 1.79 bits per heavy atom. The number of hydrogen-bond donors (Lipinski definition) is 3. The minimum Gasteiger partial charge on any atom is -1.00 e. The first kappa shape index (κ1) is 21.1. The number of halogens is 1. The zero-order valence-electron chi connectivity index (χ0n) is 17.1. The van der Waals surface area contributed by atoms with Crippen LogP contribution in [0.1, 0.15) is 28.6 Å². The number of hydrogen-bond acceptors (Lipinski definition) is 2. The van der Waals surface area contributed by atoms with E-state index in [1.54, 1.807) is 0 Å². The summed E-state index contributed by atoms with van der Waals surface area (Å²) in [6.07, 6.45) is 0.827. The Hall–Kier alpha value is -2.60. The van der Waals surface area contributed by atoms with E-state index in [1.807, 2.05) is 36.4 Å². The monoisotopic (exact) mass is 398 g/mol. The normalized spacial score (nSPS) is 10.5. The maximum Gasteiger partial charge on any atom is 1.00 e. The molecule has 142 valence electrons. The van der Waals surface area contributed by atoms with Gasteiger partial charge in [0.05, 0.1) is 0 Å². The quantitative estimate of drug-likeness (QED) is 0.448. The van der Waals surface area contributed by atoms with Gasteiger partial charge in [0.1, 0.15) is 0 Å². The van der Waals surface area contributed by atoms with E-state index in [9.17, 15) is 14.3 Å². The molecule has 3 N–H and O–H groups in total. The van der Waals surface area contributed by atoms with Gasteiger partial charge in [-0.1, -0.05) is 36.4 Å². The van der Waals surface area contributed by atoms with Gasteiger partial charge in [-0.3, -0.25) is 4.79 Å². The van der Waals surface area contributed by atoms with E-state index in [0.29, 0.717) is 6.54 Å². The number of amides is 1. The van der Waals surface area contributed by atoms with Crippen molar-refractivity contribution < 1.29 is 45.3 Å². The molecule has 0 spiro atoms. The fourth-order valence-electron chi connectivity index (χ4n) is 3.20. The Labute approximate surface area is 191 Å². The van der Waals surface area contributed by atoms with E-state index < -0.39 is 17.5 Å². The smallest absolute Gasteiger partial charge is 1.00 e. The predicted octanol–water partition coefficient (Wildman–Crippen LogP) is 1.65. The van der Waals surface area contributed by atoms with E-state index in [0.717, 1.165) is 34.6 Å². The molecule has 4 rings (SSSR count). The molecule has 0 unspecified atom stereocenters. The average Bonchev–Trinajstić information content (AvgIpc) is 3.10. The van der Waals surface area contributed by atoms with Gasteiger partial charge in [0, 0.05) is 29.7 Å². The molecule has 0 aliphatic heterocycles. The maximum absolute atomic E-state index is 13.4. The summed E-state index contributed by atoms with van der Waals surface area (Å²) >= 11 is 0. The van der Waals surface area contributed by atoms with Crippen molar-refractivity contribution in [2.75, 3.05) is 0 Å². The van der Waals surface area contributed by atoms with Crippen molar-refractivity contribution in [3.63, 3.8) is 0 Å². The fraction of sp³-hybridized carbons (Fsp3) is 0.0870. The summed E-state index contributed by atoms with van der Waals surface area (Å²) < 4.78 is 13.4. The van der Waals surface area contributed by atoms with Gasteiger partial charge in [0.15, 0.2) is 11.6 Å². The molecule has 0 fully saturated rings. The van der Waals surface area contributed by atoms with Crippen LogP contribution in [0.3, 0.4) is 0 Å². The molecular weight excluding hydrogens is 378 g/mol. The zero-order chi connectivity index (χ0) is 19.5. The van der Waals surface area contributed by atoms with Crippen LogP contribution in [0, 0.1) is 5.82 Å². The van der Waals surface area contributed by atoms with E-state index in [-0.39, 0.29) is 36.5 Å². The number of phenols is 1. The van der Waals surface area contributed by atoms with Gasteiger partial charge in [0.2, 0.25) is 0 Å². The third kappa shape index (κ3) is 5.07. The van der Waals surface area contributed by atoms with Crippen molar-refractivity contribution in [3.05, 3.63) is 101 Å². The molecule has 6 heteroatoms. The van der Waals surface area contributed by atoms with Gasteiger partial charge >= 0.3 is 29.6 Å². The van der Waals surface area contributed by atoms with E-state index in [2.05, 4.69) is 28.5 Å². The fourth-order valence-corrected chi connectivity index (χ4v) is 3.20. The number of aromatic hydroxyl groups is 1. The molecule has 3 aromatic carbocycles. The van der Waals surface area contributed by atoms with Crippen LogP contribution < -0.4 is 34.9 Å². The van der Waals surface area contributed by atoms with Crippen LogP contribution in [0.2, 0.25) is 0 Å². The summed E-state index contributed by atoms with van der Waals surface area (Å²) in [6.45, 7) is 0.330. The summed E-state index contributed by atoms with van der Waals surface area (Å²) in [4.78, 5) is 15.6. The number of phenolic OH excluding ortho intramolecular Hbond substituents is 1. The van der Waals surface area contributed by atoms with Crippen molar-refractivity contribution in [1.29, 1.82) is 0 Å². The van der Waals surface area contributed by atoms with Gasteiger partial charge in [0.25, 0.3) is 5.91 Å². The standard InChI is InChI=1S/C23H19FN2O2.Na.H/c24-20-13-17(7-9-22(20)27)23(28)25-14-16-6-8-21-18(10-16)12-19(26-21)11-15-4-2-1-3-5-15;;/h1-10,12-13,26-27H,11,14H2,(H,25,28);;/q;+1;-1. The van der Waals surface area contributed by atoms with Crippen molar-refractivity contribution >= 4 is 16.8 Å². The van der Waals surface area contributed by atoms with Gasteiger partial charge in [-0.15, -0.1) is 0 Å². The maximum atomic E-state index is 13.4. The number of fused-ring (bicyclic) bond motifs is 1. The van der Waals surface area contributed by atoms with Crippen LogP contribution >= 0.6 is 0 Å². The minimum atomic E-state index is -0.813. The average molecular weight is 398 g/mol. The molecule has 0 atom stereocenters. The van der Waals surface area contributed by atoms with Crippen molar-refractivity contribution in [2.45, 2.75) is 13.0 Å². The van der Waals surface area contributed by atoms with Crippen LogP contribution in [0.15, 0.2) is 72.8 Å². The Kier molecular flexibility index (Phi) is 6.75. The van der Waals surface area contributed by atoms with Gasteiger partial charge in [-0.05, 0) is 52.9 Å². The van der Waals surface area contributed by atoms with Crippen LogP contribution in [-0.2, 0) is 13.0 Å². The molecule has 4 aromatic rings. The second-order valence-electron chi connectivity index (χ2n) is 6.73. The number of aromatic amines is 1. The molecular formula is C23H20FN2NaO2. The summed E-state index contributed by atoms with van der Waals surface area (Å²) in [5.41, 5.74) is 4.53. The Balaban J connectivity index is 0.00000160. The number of carbonyl (C=O) groups is 1. The first-order valence-corrected chi connectivity index (χ1v) is 9.00. The molecule has 0 bridgehead atoms. The molecule has 29 heavy (non-hydrogen) atoms. The minimum absolute atomic E-state index is 0.